The molecule has 0 saturated carbocycles. The summed E-state index contributed by atoms with van der Waals surface area (Å²) in [5.41, 5.74) is 0.790. The summed E-state index contributed by atoms with van der Waals surface area (Å²) >= 11 is 0. The van der Waals surface area contributed by atoms with Crippen molar-refractivity contribution in [1.82, 2.24) is 0 Å². The van der Waals surface area contributed by atoms with Gasteiger partial charge >= 0.3 is 0 Å². The summed E-state index contributed by atoms with van der Waals surface area (Å²) in [6.07, 6.45) is -1.38. The maximum Gasteiger partial charge on any atom is 0.300 e. The molecule has 0 aliphatic rings. The first-order chi connectivity index (χ1) is 7.97. The van der Waals surface area contributed by atoms with Crippen LogP contribution in [0.15, 0.2) is 30.3 Å². The molecule has 0 saturated heterocycles. The topological polar surface area (TPSA) is 87.0 Å². The molecule has 0 radical (unpaired) electrons. The van der Waals surface area contributed by atoms with E-state index in [0.717, 1.165) is 12.5 Å². The summed E-state index contributed by atoms with van der Waals surface area (Å²) in [4.78, 5) is 9.00. The number of hydrogen-bond donors (Lipinski definition) is 3. The van der Waals surface area contributed by atoms with E-state index < -0.39 is 18.4 Å². The summed E-state index contributed by atoms with van der Waals surface area (Å²) in [5.74, 6) is -0.833. The Hall–Kier alpha value is -0.768. The molecule has 1 aromatic carbocycles. The smallest absolute Gasteiger partial charge is 0.300 e. The van der Waals surface area contributed by atoms with Crippen molar-refractivity contribution in [3.8, 4) is 0 Å². The van der Waals surface area contributed by atoms with Gasteiger partial charge in [0.15, 0.2) is 6.29 Å². The first-order valence-corrected chi connectivity index (χ1v) is 5.10. The number of aliphatic hydroxyl groups excluding tert-OH is 2. The number of rotatable bonds is 4. The SMILES string of the molecule is CC(=O)O.COC(O)CC(O)c1ccccc1.[Pd]. The zero-order valence-corrected chi connectivity index (χ0v) is 11.8. The third-order valence-electron chi connectivity index (χ3n) is 1.88. The molecule has 2 atom stereocenters. The van der Waals surface area contributed by atoms with E-state index >= 15 is 0 Å². The van der Waals surface area contributed by atoms with E-state index in [0.29, 0.717) is 0 Å². The van der Waals surface area contributed by atoms with E-state index in [-0.39, 0.29) is 26.8 Å². The van der Waals surface area contributed by atoms with Gasteiger partial charge < -0.3 is 20.1 Å². The average molecular weight is 349 g/mol. The Kier molecular flexibility index (Phi) is 12.3. The van der Waals surface area contributed by atoms with Crippen molar-refractivity contribution in [1.29, 1.82) is 0 Å². The number of carboxylic acids is 1. The molecule has 5 nitrogen and oxygen atoms in total. The number of carboxylic acid groups (broad SMARTS) is 1. The summed E-state index contributed by atoms with van der Waals surface area (Å²) in [5, 5.41) is 26.1. The van der Waals surface area contributed by atoms with Crippen LogP contribution < -0.4 is 0 Å². The molecule has 1 rings (SSSR count). The van der Waals surface area contributed by atoms with Gasteiger partial charge in [-0.1, -0.05) is 30.3 Å². The molecule has 0 aliphatic carbocycles. The molecule has 0 amide bonds. The van der Waals surface area contributed by atoms with Gasteiger partial charge in [0.25, 0.3) is 5.97 Å². The van der Waals surface area contributed by atoms with Crippen LogP contribution in [0.5, 0.6) is 0 Å². The van der Waals surface area contributed by atoms with Crippen LogP contribution in [-0.4, -0.2) is 34.7 Å². The van der Waals surface area contributed by atoms with Crippen LogP contribution in [0.3, 0.4) is 0 Å². The van der Waals surface area contributed by atoms with Crippen LogP contribution in [0.1, 0.15) is 25.0 Å². The summed E-state index contributed by atoms with van der Waals surface area (Å²) < 4.78 is 4.64. The maximum absolute atomic E-state index is 9.58. The molecule has 0 heterocycles. The van der Waals surface area contributed by atoms with Gasteiger partial charge in [-0.15, -0.1) is 0 Å². The van der Waals surface area contributed by atoms with Crippen molar-refractivity contribution >= 4 is 5.97 Å². The Morgan fingerprint density at radius 1 is 1.28 bits per heavy atom. The Morgan fingerprint density at radius 3 is 2.11 bits per heavy atom. The van der Waals surface area contributed by atoms with E-state index in [2.05, 4.69) is 4.74 Å². The van der Waals surface area contributed by atoms with Crippen molar-refractivity contribution in [3.63, 3.8) is 0 Å². The molecule has 106 valence electrons. The number of ether oxygens (including phenoxy) is 1. The van der Waals surface area contributed by atoms with E-state index in [1.54, 1.807) is 0 Å². The molecular weight excluding hydrogens is 331 g/mol. The Balaban J connectivity index is 0. The fourth-order valence-electron chi connectivity index (χ4n) is 1.10. The minimum absolute atomic E-state index is 0. The molecule has 1 aromatic rings. The van der Waals surface area contributed by atoms with Crippen molar-refractivity contribution in [2.24, 2.45) is 0 Å². The maximum atomic E-state index is 9.58. The van der Waals surface area contributed by atoms with Gasteiger partial charge in [-0.3, -0.25) is 4.79 Å². The number of aliphatic hydroxyl groups is 2. The second kappa shape index (κ2) is 11.3. The number of hydrogen-bond acceptors (Lipinski definition) is 4. The number of aliphatic carboxylic acids is 1. The van der Waals surface area contributed by atoms with Crippen LogP contribution in [0, 0.1) is 0 Å². The first-order valence-electron chi connectivity index (χ1n) is 5.10. The van der Waals surface area contributed by atoms with Crippen molar-refractivity contribution in [2.75, 3.05) is 7.11 Å². The fraction of sp³-hybridized carbons (Fsp3) is 0.417. The number of benzene rings is 1. The van der Waals surface area contributed by atoms with Gasteiger partial charge in [-0.25, -0.2) is 0 Å². The third kappa shape index (κ3) is 10.4. The number of carbonyl (C=O) groups is 1. The summed E-state index contributed by atoms with van der Waals surface area (Å²) in [7, 11) is 1.41. The monoisotopic (exact) mass is 348 g/mol. The molecular formula is C12H18O5Pd. The van der Waals surface area contributed by atoms with Gasteiger partial charge in [0, 0.05) is 40.9 Å². The molecule has 0 fully saturated rings. The minimum Gasteiger partial charge on any atom is -0.481 e. The van der Waals surface area contributed by atoms with Crippen molar-refractivity contribution < 1.29 is 45.3 Å². The van der Waals surface area contributed by atoms with Crippen molar-refractivity contribution in [2.45, 2.75) is 25.7 Å². The molecule has 0 aromatic heterocycles. The van der Waals surface area contributed by atoms with Crippen LogP contribution in [0.25, 0.3) is 0 Å². The Bertz CT molecular complexity index is 314. The minimum atomic E-state index is -0.907. The largest absolute Gasteiger partial charge is 0.481 e. The standard InChI is InChI=1S/C10H14O3.C2H4O2.Pd/c1-13-10(12)7-9(11)8-5-3-2-4-6-8;1-2(3)4;/h2-6,9-12H,7H2,1H3;1H3,(H,3,4);. The van der Waals surface area contributed by atoms with Gasteiger partial charge in [0.05, 0.1) is 6.10 Å². The Morgan fingerprint density at radius 2 is 1.72 bits per heavy atom. The first kappa shape index (κ1) is 19.6. The predicted octanol–water partition coefficient (Wildman–Crippen LogP) is 1.16. The summed E-state index contributed by atoms with van der Waals surface area (Å²) in [6, 6.07) is 9.19. The van der Waals surface area contributed by atoms with E-state index in [4.69, 9.17) is 15.0 Å². The van der Waals surface area contributed by atoms with Crippen molar-refractivity contribution in [3.05, 3.63) is 35.9 Å². The van der Waals surface area contributed by atoms with Crippen LogP contribution >= 0.6 is 0 Å². The Labute approximate surface area is 120 Å². The van der Waals surface area contributed by atoms with Crippen LogP contribution in [0.4, 0.5) is 0 Å². The second-order valence-corrected chi connectivity index (χ2v) is 3.37. The predicted molar refractivity (Wildman–Crippen MR) is 62.3 cm³/mol. The van der Waals surface area contributed by atoms with Gasteiger partial charge in [0.2, 0.25) is 0 Å². The van der Waals surface area contributed by atoms with Gasteiger partial charge in [-0.2, -0.15) is 0 Å². The van der Waals surface area contributed by atoms with E-state index in [9.17, 15) is 5.11 Å². The molecule has 0 bridgehead atoms. The normalized spacial score (nSPS) is 12.4. The van der Waals surface area contributed by atoms with E-state index in [1.807, 2.05) is 30.3 Å². The summed E-state index contributed by atoms with van der Waals surface area (Å²) in [6.45, 7) is 1.08. The molecule has 18 heavy (non-hydrogen) atoms. The molecule has 0 aliphatic heterocycles. The van der Waals surface area contributed by atoms with Gasteiger partial charge in [0.1, 0.15) is 0 Å². The van der Waals surface area contributed by atoms with Crippen LogP contribution in [-0.2, 0) is 30.0 Å². The molecule has 0 spiro atoms. The molecule has 2 unspecified atom stereocenters. The quantitative estimate of drug-likeness (QED) is 0.561. The third-order valence-corrected chi connectivity index (χ3v) is 1.88. The average Bonchev–Trinajstić information content (AvgIpc) is 2.29. The zero-order chi connectivity index (χ0) is 13.3. The van der Waals surface area contributed by atoms with Gasteiger partial charge in [-0.05, 0) is 5.56 Å². The number of methoxy groups -OCH3 is 1. The molecule has 3 N–H and O–H groups in total. The van der Waals surface area contributed by atoms with Crippen LogP contribution in [0.2, 0.25) is 0 Å². The zero-order valence-electron chi connectivity index (χ0n) is 10.2. The molecule has 6 heteroatoms. The second-order valence-electron chi connectivity index (χ2n) is 3.37. The van der Waals surface area contributed by atoms with E-state index in [1.165, 1.54) is 7.11 Å². The fourth-order valence-corrected chi connectivity index (χ4v) is 1.10.